The van der Waals surface area contributed by atoms with Gasteiger partial charge in [-0.05, 0) is 237 Å². The van der Waals surface area contributed by atoms with Crippen molar-refractivity contribution in [2.24, 2.45) is 23.7 Å². The number of hydrogen-bond donors (Lipinski definition) is 2. The van der Waals surface area contributed by atoms with Crippen LogP contribution in [0.5, 0.6) is 0 Å². The average molecular weight is 2040 g/mol. The topological polar surface area (TPSA) is 340 Å². The van der Waals surface area contributed by atoms with Gasteiger partial charge in [0.05, 0.1) is 127 Å². The summed E-state index contributed by atoms with van der Waals surface area (Å²) in [7, 11) is -3.41. The molecule has 1 fully saturated rings. The second kappa shape index (κ2) is 43.0. The summed E-state index contributed by atoms with van der Waals surface area (Å²) in [5.74, 6) is 4.64. The van der Waals surface area contributed by atoms with Gasteiger partial charge in [-0.25, -0.2) is 71.1 Å². The van der Waals surface area contributed by atoms with E-state index in [1.54, 1.807) is 24.3 Å². The summed E-state index contributed by atoms with van der Waals surface area (Å²) in [6.45, 7) is 43.6. The van der Waals surface area contributed by atoms with Gasteiger partial charge in [-0.15, -0.1) is 0 Å². The van der Waals surface area contributed by atoms with E-state index in [9.17, 15) is 49.5 Å². The molecule has 6 aromatic carbocycles. The fourth-order valence-electron chi connectivity index (χ4n) is 17.9. The van der Waals surface area contributed by atoms with Crippen molar-refractivity contribution in [2.45, 2.75) is 210 Å². The van der Waals surface area contributed by atoms with Crippen molar-refractivity contribution in [1.29, 1.82) is 0 Å². The number of carbonyl (C=O) groups excluding carboxylic acids is 3. The summed E-state index contributed by atoms with van der Waals surface area (Å²) in [5, 5.41) is 12.8. The Morgan fingerprint density at radius 3 is 1.33 bits per heavy atom. The van der Waals surface area contributed by atoms with Crippen LogP contribution in [0.4, 0.5) is 30.5 Å². The third-order valence-corrected chi connectivity index (χ3v) is 28.7. The second-order valence-corrected chi connectivity index (χ2v) is 41.6. The molecule has 0 radical (unpaired) electrons. The maximum Gasteiger partial charge on any atom is 0.434 e. The van der Waals surface area contributed by atoms with Gasteiger partial charge in [-0.2, -0.15) is 13.2 Å². The molecule has 0 aliphatic carbocycles. The van der Waals surface area contributed by atoms with Crippen molar-refractivity contribution in [2.75, 3.05) is 74.7 Å². The van der Waals surface area contributed by atoms with E-state index in [1.165, 1.54) is 43.7 Å². The van der Waals surface area contributed by atoms with E-state index in [2.05, 4.69) is 224 Å². The lowest BCUT2D eigenvalue weighted by atomic mass is 9.74. The first-order valence-electron chi connectivity index (χ1n) is 44.9. The van der Waals surface area contributed by atoms with Gasteiger partial charge in [0, 0.05) is 98.8 Å². The zero-order valence-corrected chi connectivity index (χ0v) is 86.0. The van der Waals surface area contributed by atoms with Crippen LogP contribution in [0.25, 0.3) is 44.1 Å². The number of nitrogens with one attached hydrogen (secondary N) is 1. The normalized spacial score (nSPS) is 16.6. The van der Waals surface area contributed by atoms with Crippen LogP contribution in [0.3, 0.4) is 0 Å². The summed E-state index contributed by atoms with van der Waals surface area (Å²) in [4.78, 5) is 78.9. The molecule has 0 amide bonds. The van der Waals surface area contributed by atoms with E-state index in [4.69, 9.17) is 64.4 Å². The number of imidazole rings is 4. The maximum absolute atomic E-state index is 12.4. The predicted octanol–water partition coefficient (Wildman–Crippen LogP) is 18.3. The molecule has 4 atom stereocenters. The first-order chi connectivity index (χ1) is 63.6. The summed E-state index contributed by atoms with van der Waals surface area (Å²) >= 11 is 11.5. The van der Waals surface area contributed by atoms with Crippen molar-refractivity contribution in [3.05, 3.63) is 202 Å². The number of halogens is 6. The second-order valence-electron chi connectivity index (χ2n) is 35.6. The lowest BCUT2D eigenvalue weighted by Crippen LogP contribution is -2.44. The summed E-state index contributed by atoms with van der Waals surface area (Å²) in [6, 6.07) is 27.9. The number of hydrogen-bond acceptors (Lipinski definition) is 26. The molecule has 0 spiro atoms. The van der Waals surface area contributed by atoms with E-state index in [0.717, 1.165) is 153 Å². The van der Waals surface area contributed by atoms with Crippen LogP contribution in [-0.2, 0) is 99.4 Å². The van der Waals surface area contributed by atoms with Crippen molar-refractivity contribution in [3.63, 3.8) is 0 Å². The zero-order chi connectivity index (χ0) is 98.8. The monoisotopic (exact) mass is 2040 g/mol. The standard InChI is InChI=1S/C24H28BrN3O2.C24H29N3O4S.C21H27N5O3S.C17H23N3O2.C5HBrClF3N2.C3H9B3O3/c1-6-16-12-21-20(13-18(16)24(29)30-5)26-23-22(14(2)3)27(9-10-28(21)23)17-7-8-19(25)15(4)11-17;1-14(2)22-23-25-19-12-18(24(28)31-5)21(32(6,29)30)13-20(19)27(23)10-9-26(22)17-8-7-15(3)16(4)11-17;1-12(2)19-20-24-16-8-15(11-27)18(30(5,28)29)9-17(16)25(20)6-7-26(19)21-22-10-13(3)14(4)23-21;1-5-11-8-14-13(9-12(11)17(21)22-4)19-16-15(10(2)3)18-6-7-20(14)16;6-2-1-11-4(7)12-3(2)5(8,9)10;1-4-7-5(2)9-6(3)8-4/h7-8,11-14,22H,6,9-10H2,1-5H3;7-8,11-14,22H,9-10H2,1-6H3;8-10,12,19,27H,6-7,11H2,1-5H3;8-10,15,18H,5-7H2,1-4H3;1H;1-3H3/t2*22-;19-;15-;;/m1111../s1. The van der Waals surface area contributed by atoms with Gasteiger partial charge >= 0.3 is 45.4 Å². The van der Waals surface area contributed by atoms with Gasteiger partial charge < -0.3 is 71.3 Å². The van der Waals surface area contributed by atoms with Crippen LogP contribution in [-0.4, -0.2) is 179 Å². The Balaban J connectivity index is 0.000000152. The average Bonchev–Trinajstić information content (AvgIpc) is 1.59. The molecule has 1 saturated heterocycles. The fraction of sp³-hybridized carbons (Fsp3) is 0.457. The Hall–Kier alpha value is -9.90. The third kappa shape index (κ3) is 22.8. The summed E-state index contributed by atoms with van der Waals surface area (Å²) < 4.78 is 125. The molecule has 30 nitrogen and oxygen atoms in total. The van der Waals surface area contributed by atoms with Crippen LogP contribution >= 0.6 is 43.5 Å². The number of aliphatic hydroxyl groups is 1. The molecule has 12 aromatic rings. The molecule has 41 heteroatoms. The third-order valence-electron chi connectivity index (χ3n) is 24.7. The molecule has 0 unspecified atom stereocenters. The number of sulfone groups is 2. The van der Waals surface area contributed by atoms with Crippen LogP contribution in [0, 0.1) is 58.3 Å². The maximum atomic E-state index is 12.4. The van der Waals surface area contributed by atoms with E-state index >= 15 is 0 Å². The number of aliphatic hydroxyl groups excluding tert-OH is 1. The van der Waals surface area contributed by atoms with Gasteiger partial charge in [0.15, 0.2) is 25.4 Å². The minimum absolute atomic E-state index is 0.0153. The Morgan fingerprint density at radius 2 is 0.911 bits per heavy atom. The Labute approximate surface area is 809 Å². The minimum atomic E-state index is -4.51. The molecular weight excluding hydrogens is 1930 g/mol. The molecular formula is C94H117B3Br2ClF3N16O14S2. The number of rotatable bonds is 15. The van der Waals surface area contributed by atoms with Crippen LogP contribution in [0.15, 0.2) is 116 Å². The number of esters is 3. The number of aryl methyl sites for hydroxylation is 7. The SMILES string of the molecule is CB1OB(C)OB(C)O1.CCc1cc2c(cc1C(=O)OC)nc1n2CCN(c2ccc(Br)c(C)c2)[C@@H]1C(C)C.CCc1cc2c(cc1C(=O)OC)nc1n2CCN[C@@H]1C(C)C.COC(=O)c1cc2nc3n(c2cc1S(C)(=O)=O)CCN(c1ccc(C)c(C)c1)[C@@H]3C(C)C.Cc1cnc(N2CCn3c(nc4cc(CO)c(S(C)(=O)=O)cc43)[C@H]2C(C)C)nc1C.FC(F)(F)c1nc(Cl)ncc1Br. The fourth-order valence-corrected chi connectivity index (χ4v) is 20.5. The number of ether oxygens (including phenoxy) is 3. The lowest BCUT2D eigenvalue weighted by molar-refractivity contribution is -0.141. The Bertz CT molecular complexity index is 6660. The number of fused-ring (bicyclic) bond motifs is 12. The molecule has 5 aliphatic heterocycles. The van der Waals surface area contributed by atoms with Crippen molar-refractivity contribution >= 4 is 164 Å². The zero-order valence-electron chi connectivity index (χ0n) is 80.4. The Kier molecular flexibility index (Phi) is 33.1. The molecule has 0 saturated carbocycles. The quantitative estimate of drug-likeness (QED) is 0.0417. The minimum Gasteiger partial charge on any atom is -0.465 e. The van der Waals surface area contributed by atoms with Crippen LogP contribution in [0.2, 0.25) is 25.8 Å². The van der Waals surface area contributed by atoms with Gasteiger partial charge in [0.2, 0.25) is 11.2 Å². The van der Waals surface area contributed by atoms with Crippen molar-refractivity contribution < 1.29 is 77.4 Å². The highest BCUT2D eigenvalue weighted by Crippen LogP contribution is 2.44. The van der Waals surface area contributed by atoms with Gasteiger partial charge in [-0.1, -0.05) is 91.2 Å². The molecule has 6 aromatic heterocycles. The highest BCUT2D eigenvalue weighted by atomic mass is 79.9. The number of alkyl halides is 3. The molecule has 17 rings (SSSR count). The molecule has 720 valence electrons. The first kappa shape index (κ1) is 104. The smallest absolute Gasteiger partial charge is 0.434 e. The molecule has 2 N–H and O–H groups in total. The van der Waals surface area contributed by atoms with Crippen LogP contribution in [0.1, 0.15) is 198 Å². The molecule has 5 aliphatic rings. The number of carbonyl (C=O) groups is 3. The van der Waals surface area contributed by atoms with Gasteiger partial charge in [0.1, 0.15) is 23.3 Å². The van der Waals surface area contributed by atoms with Crippen molar-refractivity contribution in [3.8, 4) is 0 Å². The molecule has 0 bridgehead atoms. The first-order valence-corrected chi connectivity index (χ1v) is 50.7. The molecule has 11 heterocycles. The number of benzene rings is 6. The van der Waals surface area contributed by atoms with Crippen LogP contribution < -0.4 is 20.0 Å². The van der Waals surface area contributed by atoms with E-state index < -0.39 is 42.8 Å². The van der Waals surface area contributed by atoms with E-state index in [-0.39, 0.29) is 95.7 Å². The van der Waals surface area contributed by atoms with E-state index in [0.29, 0.717) is 65.1 Å². The summed E-state index contributed by atoms with van der Waals surface area (Å²) in [6.07, 6.45) is 2.14. The van der Waals surface area contributed by atoms with Gasteiger partial charge in [-0.3, -0.25) is 0 Å². The number of methoxy groups -OCH3 is 3. The van der Waals surface area contributed by atoms with Gasteiger partial charge in [0.25, 0.3) is 0 Å². The number of anilines is 3. The summed E-state index contributed by atoms with van der Waals surface area (Å²) in [5.41, 5.74) is 17.4. The predicted molar refractivity (Wildman–Crippen MR) is 528 cm³/mol. The molecule has 135 heavy (non-hydrogen) atoms. The Morgan fingerprint density at radius 1 is 0.496 bits per heavy atom. The highest BCUT2D eigenvalue weighted by molar-refractivity contribution is 9.10. The highest BCUT2D eigenvalue weighted by Gasteiger charge is 2.41. The number of nitrogens with zero attached hydrogens (tertiary/aromatic N) is 15. The van der Waals surface area contributed by atoms with E-state index in [1.807, 2.05) is 52.6 Å². The van der Waals surface area contributed by atoms with Crippen molar-refractivity contribution in [1.82, 2.24) is 63.5 Å². The lowest BCUT2D eigenvalue weighted by Gasteiger charge is -2.40. The largest absolute Gasteiger partial charge is 0.465 e. The number of aromatic nitrogens is 12.